The van der Waals surface area contributed by atoms with Crippen molar-refractivity contribution >= 4 is 11.6 Å². The molecule has 1 amide bonds. The molecule has 0 saturated carbocycles. The molecule has 0 aromatic heterocycles. The number of carbonyl (C=O) groups excluding carboxylic acids is 1. The largest absolute Gasteiger partial charge is 0.385 e. The molecule has 0 spiro atoms. The predicted octanol–water partition coefficient (Wildman–Crippen LogP) is 7.20. The van der Waals surface area contributed by atoms with Crippen molar-refractivity contribution in [2.75, 3.05) is 5.32 Å². The summed E-state index contributed by atoms with van der Waals surface area (Å²) in [5.74, 6) is 0.0988. The third-order valence-corrected chi connectivity index (χ3v) is 6.55. The van der Waals surface area contributed by atoms with Gasteiger partial charge in [-0.1, -0.05) is 119 Å². The van der Waals surface area contributed by atoms with Gasteiger partial charge in [-0.25, -0.2) is 0 Å². The number of anilines is 1. The molecule has 3 nitrogen and oxygen atoms in total. The smallest absolute Gasteiger partial charge is 0.239 e. The Kier molecular flexibility index (Phi) is 8.46. The van der Waals surface area contributed by atoms with Crippen LogP contribution in [0.2, 0.25) is 0 Å². The second kappa shape index (κ2) is 11.3. The Morgan fingerprint density at radius 2 is 1.30 bits per heavy atom. The monoisotopic (exact) mass is 443 g/mol. The van der Waals surface area contributed by atoms with Gasteiger partial charge in [0.25, 0.3) is 0 Å². The van der Waals surface area contributed by atoms with Crippen LogP contribution in [0.5, 0.6) is 0 Å². The van der Waals surface area contributed by atoms with Crippen molar-refractivity contribution in [1.29, 1.82) is 0 Å². The van der Waals surface area contributed by atoms with E-state index in [4.69, 9.17) is 0 Å². The minimum Gasteiger partial charge on any atom is -0.385 e. The highest BCUT2D eigenvalue weighted by Crippen LogP contribution is 2.45. The van der Waals surface area contributed by atoms with Gasteiger partial charge in [-0.3, -0.25) is 4.79 Å². The van der Waals surface area contributed by atoms with Gasteiger partial charge in [-0.15, -0.1) is 0 Å². The number of fused-ring (bicyclic) bond motifs is 1. The molecule has 1 atom stereocenters. The molecule has 33 heavy (non-hydrogen) atoms. The number of benzene rings is 3. The fraction of sp³-hybridized carbons (Fsp3) is 0.367. The lowest BCUT2D eigenvalue weighted by Gasteiger charge is -2.28. The number of nitrogens with one attached hydrogen (secondary N) is 1. The molecule has 1 aliphatic rings. The first kappa shape index (κ1) is 24.7. The first-order valence-electron chi connectivity index (χ1n) is 12.3. The zero-order valence-electron chi connectivity index (χ0n) is 20.2. The summed E-state index contributed by atoms with van der Waals surface area (Å²) in [6.45, 7) is 6.35. The summed E-state index contributed by atoms with van der Waals surface area (Å²) in [5, 5.41) is 13.5. The number of aliphatic hydroxyl groups is 1. The first-order chi connectivity index (χ1) is 16.0. The molecule has 174 valence electrons. The number of para-hydroxylation sites is 1. The molecule has 0 radical (unpaired) electrons. The minimum atomic E-state index is -0.606. The quantitative estimate of drug-likeness (QED) is 0.387. The third kappa shape index (κ3) is 5.20. The van der Waals surface area contributed by atoms with Crippen LogP contribution in [0.3, 0.4) is 0 Å². The molecule has 1 aliphatic heterocycles. The topological polar surface area (TPSA) is 49.3 Å². The van der Waals surface area contributed by atoms with Crippen molar-refractivity contribution in [3.63, 3.8) is 0 Å². The number of rotatable bonds is 8. The van der Waals surface area contributed by atoms with Crippen molar-refractivity contribution < 1.29 is 9.90 Å². The summed E-state index contributed by atoms with van der Waals surface area (Å²) in [4.78, 5) is 12.6. The average Bonchev–Trinajstić information content (AvgIpc) is 3.13. The maximum Gasteiger partial charge on any atom is 0.239 e. The van der Waals surface area contributed by atoms with Crippen LogP contribution >= 0.6 is 0 Å². The fourth-order valence-electron chi connectivity index (χ4n) is 5.08. The lowest BCUT2D eigenvalue weighted by atomic mass is 9.72. The average molecular weight is 444 g/mol. The van der Waals surface area contributed by atoms with Gasteiger partial charge in [0.15, 0.2) is 0 Å². The second-order valence-corrected chi connectivity index (χ2v) is 8.92. The normalized spacial score (nSPS) is 17.0. The molecule has 3 aromatic carbocycles. The Morgan fingerprint density at radius 3 is 1.88 bits per heavy atom. The summed E-state index contributed by atoms with van der Waals surface area (Å²) in [6, 6.07) is 28.1. The van der Waals surface area contributed by atoms with Crippen molar-refractivity contribution in [2.24, 2.45) is 0 Å². The molecule has 3 aromatic rings. The fourth-order valence-corrected chi connectivity index (χ4v) is 5.08. The van der Waals surface area contributed by atoms with Crippen LogP contribution in [0.1, 0.15) is 76.0 Å². The molecule has 2 N–H and O–H groups in total. The zero-order valence-corrected chi connectivity index (χ0v) is 20.2. The van der Waals surface area contributed by atoms with Crippen molar-refractivity contribution in [2.45, 2.75) is 70.3 Å². The maximum absolute atomic E-state index is 12.6. The van der Waals surface area contributed by atoms with E-state index in [0.29, 0.717) is 0 Å². The summed E-state index contributed by atoms with van der Waals surface area (Å²) >= 11 is 0. The molecular formula is C30H37NO2. The summed E-state index contributed by atoms with van der Waals surface area (Å²) in [7, 11) is 0. The SMILES string of the molecule is CCCC(O)(CCC)c1ccccc1.CCCC1(c2ccccc2)C(=O)Nc2ccccc21. The van der Waals surface area contributed by atoms with E-state index in [1.54, 1.807) is 0 Å². The van der Waals surface area contributed by atoms with E-state index in [2.05, 4.69) is 44.3 Å². The van der Waals surface area contributed by atoms with Gasteiger partial charge in [0, 0.05) is 5.69 Å². The van der Waals surface area contributed by atoms with Gasteiger partial charge < -0.3 is 10.4 Å². The lowest BCUT2D eigenvalue weighted by molar-refractivity contribution is -0.119. The van der Waals surface area contributed by atoms with Crippen LogP contribution in [0.4, 0.5) is 5.69 Å². The van der Waals surface area contributed by atoms with Crippen LogP contribution in [0.15, 0.2) is 84.9 Å². The highest BCUT2D eigenvalue weighted by atomic mass is 16.3. The van der Waals surface area contributed by atoms with E-state index < -0.39 is 11.0 Å². The van der Waals surface area contributed by atoms with Gasteiger partial charge >= 0.3 is 0 Å². The molecule has 1 heterocycles. The third-order valence-electron chi connectivity index (χ3n) is 6.55. The molecule has 0 fully saturated rings. The highest BCUT2D eigenvalue weighted by Gasteiger charge is 2.47. The molecule has 3 heteroatoms. The van der Waals surface area contributed by atoms with Crippen molar-refractivity contribution in [3.8, 4) is 0 Å². The van der Waals surface area contributed by atoms with E-state index >= 15 is 0 Å². The minimum absolute atomic E-state index is 0.0988. The van der Waals surface area contributed by atoms with Crippen molar-refractivity contribution in [3.05, 3.63) is 102 Å². The predicted molar refractivity (Wildman–Crippen MR) is 137 cm³/mol. The Labute approximate surface area is 198 Å². The molecule has 1 unspecified atom stereocenters. The van der Waals surface area contributed by atoms with Gasteiger partial charge in [-0.05, 0) is 42.0 Å². The van der Waals surface area contributed by atoms with Gasteiger partial charge in [-0.2, -0.15) is 0 Å². The van der Waals surface area contributed by atoms with E-state index in [9.17, 15) is 9.90 Å². The van der Waals surface area contributed by atoms with Crippen LogP contribution < -0.4 is 5.32 Å². The van der Waals surface area contributed by atoms with E-state index in [1.807, 2.05) is 66.7 Å². The first-order valence-corrected chi connectivity index (χ1v) is 12.3. The molecule has 4 rings (SSSR count). The van der Waals surface area contributed by atoms with Crippen LogP contribution in [0.25, 0.3) is 0 Å². The van der Waals surface area contributed by atoms with Crippen LogP contribution in [0, 0.1) is 0 Å². The van der Waals surface area contributed by atoms with E-state index in [1.165, 1.54) is 0 Å². The van der Waals surface area contributed by atoms with Gasteiger partial charge in [0.05, 0.1) is 5.60 Å². The summed E-state index contributed by atoms with van der Waals surface area (Å²) in [6.07, 6.45) is 5.54. The standard InChI is InChI=1S/C17H17NO.C13H20O/c1-2-12-17(13-8-4-3-5-9-13)14-10-6-7-11-15(14)18-16(17)19;1-3-10-13(14,11-4-2)12-8-6-5-7-9-12/h3-11H,2,12H2,1H3,(H,18,19);5-9,14H,3-4,10-11H2,1-2H3. The van der Waals surface area contributed by atoms with Gasteiger partial charge in [0.1, 0.15) is 5.41 Å². The van der Waals surface area contributed by atoms with E-state index in [0.717, 1.165) is 60.9 Å². The number of hydrogen-bond donors (Lipinski definition) is 2. The Hall–Kier alpha value is -2.91. The maximum atomic E-state index is 12.6. The number of carbonyl (C=O) groups is 1. The lowest BCUT2D eigenvalue weighted by Crippen LogP contribution is -2.35. The highest BCUT2D eigenvalue weighted by molar-refractivity contribution is 6.08. The van der Waals surface area contributed by atoms with Crippen molar-refractivity contribution in [1.82, 2.24) is 0 Å². The zero-order chi connectivity index (χ0) is 23.7. The number of hydrogen-bond acceptors (Lipinski definition) is 2. The van der Waals surface area contributed by atoms with Crippen LogP contribution in [-0.2, 0) is 15.8 Å². The second-order valence-electron chi connectivity index (χ2n) is 8.92. The Bertz CT molecular complexity index is 1010. The number of amides is 1. The van der Waals surface area contributed by atoms with E-state index in [-0.39, 0.29) is 5.91 Å². The summed E-state index contributed by atoms with van der Waals surface area (Å²) in [5.41, 5.74) is 3.07. The van der Waals surface area contributed by atoms with Gasteiger partial charge in [0.2, 0.25) is 5.91 Å². The molecular weight excluding hydrogens is 406 g/mol. The summed E-state index contributed by atoms with van der Waals surface area (Å²) < 4.78 is 0. The van der Waals surface area contributed by atoms with Crippen LogP contribution in [-0.4, -0.2) is 11.0 Å². The Morgan fingerprint density at radius 1 is 0.758 bits per heavy atom. The molecule has 0 saturated heterocycles. The Balaban J connectivity index is 0.000000196. The molecule has 0 aliphatic carbocycles. The molecule has 0 bridgehead atoms.